The number of ether oxygens (including phenoxy) is 4. The first-order valence-corrected chi connectivity index (χ1v) is 41.5. The summed E-state index contributed by atoms with van der Waals surface area (Å²) in [5, 5.41) is 10.6. The minimum absolute atomic E-state index is 0.103. The molecule has 5 atom stereocenters. The molecule has 0 rings (SSSR count). The Balaban J connectivity index is 5.19. The second-order valence-corrected chi connectivity index (χ2v) is 30.5. The van der Waals surface area contributed by atoms with Gasteiger partial charge in [0.25, 0.3) is 0 Å². The number of carbonyl (C=O) groups excluding carboxylic acids is 4. The molecule has 2 unspecified atom stereocenters. The second kappa shape index (κ2) is 66.0. The van der Waals surface area contributed by atoms with Crippen LogP contribution in [0, 0.1) is 11.8 Å². The van der Waals surface area contributed by atoms with Crippen molar-refractivity contribution < 1.29 is 80.2 Å². The standard InChI is InChI=1S/C74H144O17P2/c1-7-9-11-13-15-17-18-19-20-21-22-23-24-27-31-34-40-46-52-58-73(78)90-69(63-85-72(77)57-51-45-39-33-30-28-25-26-29-32-36-42-48-54-66(3)4)64-88-92(80,81)86-60-68(75)61-87-93(82,83)89-65-70(62-84-71(76)56-50-44-38-16-14-12-10-8-2)91-74(79)59-53-47-41-35-37-43-49-55-67(5)6/h66-70,75H,7-65H2,1-6H3,(H,80,81)(H,82,83)/t68-,69-,70-/m1/s1. The van der Waals surface area contributed by atoms with Crippen molar-refractivity contribution in [2.75, 3.05) is 39.6 Å². The molecule has 0 aromatic rings. The molecule has 0 spiro atoms. The lowest BCUT2D eigenvalue weighted by Gasteiger charge is -2.21. The number of hydrogen-bond donors (Lipinski definition) is 3. The van der Waals surface area contributed by atoms with E-state index in [0.29, 0.717) is 31.6 Å². The maximum Gasteiger partial charge on any atom is 0.472 e. The van der Waals surface area contributed by atoms with E-state index in [0.717, 1.165) is 102 Å². The Kier molecular flexibility index (Phi) is 64.6. The van der Waals surface area contributed by atoms with Crippen LogP contribution in [-0.2, 0) is 65.4 Å². The monoisotopic (exact) mass is 1370 g/mol. The average molecular weight is 1370 g/mol. The van der Waals surface area contributed by atoms with Crippen molar-refractivity contribution in [3.05, 3.63) is 0 Å². The van der Waals surface area contributed by atoms with Crippen LogP contribution in [0.3, 0.4) is 0 Å². The fourth-order valence-corrected chi connectivity index (χ4v) is 12.9. The number of aliphatic hydroxyl groups excluding tert-OH is 1. The molecule has 0 amide bonds. The van der Waals surface area contributed by atoms with Gasteiger partial charge in [-0.1, -0.05) is 330 Å². The van der Waals surface area contributed by atoms with Gasteiger partial charge in [0.2, 0.25) is 0 Å². The molecule has 0 saturated heterocycles. The highest BCUT2D eigenvalue weighted by Gasteiger charge is 2.30. The van der Waals surface area contributed by atoms with Crippen LogP contribution in [-0.4, -0.2) is 96.7 Å². The summed E-state index contributed by atoms with van der Waals surface area (Å²) in [5.74, 6) is -0.636. The van der Waals surface area contributed by atoms with Crippen molar-refractivity contribution in [3.8, 4) is 0 Å². The van der Waals surface area contributed by atoms with Gasteiger partial charge in [0.15, 0.2) is 12.2 Å². The molecule has 552 valence electrons. The van der Waals surface area contributed by atoms with Crippen LogP contribution in [0.1, 0.15) is 382 Å². The highest BCUT2D eigenvalue weighted by atomic mass is 31.2. The van der Waals surface area contributed by atoms with E-state index in [1.807, 2.05) is 0 Å². The van der Waals surface area contributed by atoms with Crippen molar-refractivity contribution in [2.24, 2.45) is 11.8 Å². The number of hydrogen-bond acceptors (Lipinski definition) is 15. The third-order valence-electron chi connectivity index (χ3n) is 17.2. The highest BCUT2D eigenvalue weighted by Crippen LogP contribution is 2.45. The Hall–Kier alpha value is -1.94. The topological polar surface area (TPSA) is 237 Å². The molecule has 0 aliphatic carbocycles. The maximum atomic E-state index is 13.1. The second-order valence-electron chi connectivity index (χ2n) is 27.6. The number of unbranched alkanes of at least 4 members (excludes halogenated alkanes) is 43. The zero-order valence-corrected chi connectivity index (χ0v) is 62.3. The number of carbonyl (C=O) groups is 4. The van der Waals surface area contributed by atoms with E-state index in [-0.39, 0.29) is 25.7 Å². The van der Waals surface area contributed by atoms with Crippen molar-refractivity contribution in [2.45, 2.75) is 400 Å². The van der Waals surface area contributed by atoms with E-state index < -0.39 is 97.5 Å². The first kappa shape index (κ1) is 91.1. The summed E-state index contributed by atoms with van der Waals surface area (Å²) >= 11 is 0. The van der Waals surface area contributed by atoms with Crippen LogP contribution in [0.15, 0.2) is 0 Å². The minimum Gasteiger partial charge on any atom is -0.462 e. The molecule has 19 heteroatoms. The Bertz CT molecular complexity index is 1800. The first-order chi connectivity index (χ1) is 44.9. The summed E-state index contributed by atoms with van der Waals surface area (Å²) in [6.45, 7) is 9.51. The summed E-state index contributed by atoms with van der Waals surface area (Å²) in [7, 11) is -9.90. The van der Waals surface area contributed by atoms with E-state index >= 15 is 0 Å². The Labute approximate surface area is 568 Å². The normalized spacial score (nSPS) is 14.1. The Morgan fingerprint density at radius 2 is 0.495 bits per heavy atom. The summed E-state index contributed by atoms with van der Waals surface area (Å²) in [5.41, 5.74) is 0. The van der Waals surface area contributed by atoms with Crippen LogP contribution in [0.25, 0.3) is 0 Å². The molecule has 0 radical (unpaired) electrons. The number of esters is 4. The third-order valence-corrected chi connectivity index (χ3v) is 19.1. The van der Waals surface area contributed by atoms with Crippen LogP contribution >= 0.6 is 15.6 Å². The molecule has 0 aromatic heterocycles. The molecule has 0 bridgehead atoms. The highest BCUT2D eigenvalue weighted by molar-refractivity contribution is 7.47. The van der Waals surface area contributed by atoms with E-state index in [4.69, 9.17) is 37.0 Å². The molecule has 0 aliphatic heterocycles. The van der Waals surface area contributed by atoms with E-state index in [9.17, 15) is 43.2 Å². The van der Waals surface area contributed by atoms with Gasteiger partial charge in [-0.05, 0) is 37.5 Å². The lowest BCUT2D eigenvalue weighted by atomic mass is 10.0. The van der Waals surface area contributed by atoms with Crippen LogP contribution in [0.2, 0.25) is 0 Å². The van der Waals surface area contributed by atoms with Crippen molar-refractivity contribution in [1.29, 1.82) is 0 Å². The number of rotatable bonds is 73. The Morgan fingerprint density at radius 1 is 0.290 bits per heavy atom. The zero-order valence-electron chi connectivity index (χ0n) is 60.6. The van der Waals surface area contributed by atoms with Gasteiger partial charge in [0.05, 0.1) is 26.4 Å². The van der Waals surface area contributed by atoms with Crippen LogP contribution in [0.4, 0.5) is 0 Å². The largest absolute Gasteiger partial charge is 0.472 e. The van der Waals surface area contributed by atoms with Gasteiger partial charge in [-0.3, -0.25) is 37.3 Å². The molecule has 0 aromatic carbocycles. The van der Waals surface area contributed by atoms with Crippen LogP contribution < -0.4 is 0 Å². The molecule has 0 heterocycles. The quantitative estimate of drug-likeness (QED) is 0.0222. The van der Waals surface area contributed by atoms with Crippen LogP contribution in [0.5, 0.6) is 0 Å². The number of phosphoric acid groups is 2. The molecule has 0 aliphatic rings. The predicted molar refractivity (Wildman–Crippen MR) is 377 cm³/mol. The van der Waals surface area contributed by atoms with Gasteiger partial charge >= 0.3 is 39.5 Å². The van der Waals surface area contributed by atoms with Gasteiger partial charge < -0.3 is 33.8 Å². The fraction of sp³-hybridized carbons (Fsp3) is 0.946. The minimum atomic E-state index is -4.96. The molecule has 17 nitrogen and oxygen atoms in total. The predicted octanol–water partition coefficient (Wildman–Crippen LogP) is 21.6. The van der Waals surface area contributed by atoms with Gasteiger partial charge in [-0.15, -0.1) is 0 Å². The van der Waals surface area contributed by atoms with Gasteiger partial charge in [-0.25, -0.2) is 9.13 Å². The van der Waals surface area contributed by atoms with Crippen molar-refractivity contribution >= 4 is 39.5 Å². The van der Waals surface area contributed by atoms with E-state index in [1.54, 1.807) is 0 Å². The third kappa shape index (κ3) is 68.4. The van der Waals surface area contributed by atoms with Gasteiger partial charge in [0, 0.05) is 25.7 Å². The lowest BCUT2D eigenvalue weighted by molar-refractivity contribution is -0.161. The van der Waals surface area contributed by atoms with Gasteiger partial charge in [-0.2, -0.15) is 0 Å². The summed E-state index contributed by atoms with van der Waals surface area (Å²) in [6, 6.07) is 0. The van der Waals surface area contributed by atoms with E-state index in [2.05, 4.69) is 41.5 Å². The molecular formula is C74H144O17P2. The molecule has 3 N–H and O–H groups in total. The summed E-state index contributed by atoms with van der Waals surface area (Å²) in [4.78, 5) is 72.6. The zero-order chi connectivity index (χ0) is 68.6. The lowest BCUT2D eigenvalue weighted by Crippen LogP contribution is -2.30. The molecular weight excluding hydrogens is 1220 g/mol. The molecule has 0 fully saturated rings. The van der Waals surface area contributed by atoms with Crippen molar-refractivity contribution in [1.82, 2.24) is 0 Å². The fourth-order valence-electron chi connectivity index (χ4n) is 11.3. The summed E-state index contributed by atoms with van der Waals surface area (Å²) < 4.78 is 68.3. The number of aliphatic hydroxyl groups is 1. The van der Waals surface area contributed by atoms with E-state index in [1.165, 1.54) is 193 Å². The maximum absolute atomic E-state index is 13.1. The molecule has 93 heavy (non-hydrogen) atoms. The average Bonchev–Trinajstić information content (AvgIpc) is 2.79. The van der Waals surface area contributed by atoms with Gasteiger partial charge in [0.1, 0.15) is 19.3 Å². The molecule has 0 saturated carbocycles. The number of phosphoric ester groups is 2. The SMILES string of the molecule is CCCCCCCCCCCCCCCCCCCCCC(=O)O[C@H](COC(=O)CCCCCCCCCCCCCCCC(C)C)COP(=O)(O)OC[C@@H](O)COP(=O)(O)OC[C@@H](COC(=O)CCCCCCCCCC)OC(=O)CCCCCCCCCC(C)C. The van der Waals surface area contributed by atoms with Crippen molar-refractivity contribution in [3.63, 3.8) is 0 Å². The smallest absolute Gasteiger partial charge is 0.462 e. The summed E-state index contributed by atoms with van der Waals surface area (Å²) in [6.07, 6.45) is 53.0. The first-order valence-electron chi connectivity index (χ1n) is 38.5. The Morgan fingerprint density at radius 3 is 0.731 bits per heavy atom.